The van der Waals surface area contributed by atoms with Crippen LogP contribution in [0.1, 0.15) is 23.7 Å². The molecule has 0 aromatic heterocycles. The van der Waals surface area contributed by atoms with Crippen LogP contribution in [0.5, 0.6) is 0 Å². The van der Waals surface area contributed by atoms with Crippen LogP contribution in [0, 0.1) is 17.5 Å². The maximum absolute atomic E-state index is 13.4. The lowest BCUT2D eigenvalue weighted by molar-refractivity contribution is 0.0946. The van der Waals surface area contributed by atoms with Crippen molar-refractivity contribution in [3.63, 3.8) is 0 Å². The van der Waals surface area contributed by atoms with Gasteiger partial charge in [-0.1, -0.05) is 6.92 Å². The lowest BCUT2D eigenvalue weighted by Crippen LogP contribution is -2.38. The fraction of sp³-hybridized carbons (Fsp3) is 0.462. The highest BCUT2D eigenvalue weighted by molar-refractivity contribution is 7.88. The second kappa shape index (κ2) is 7.59. The second-order valence-electron chi connectivity index (χ2n) is 4.64. The zero-order valence-electron chi connectivity index (χ0n) is 12.2. The molecule has 0 bridgehead atoms. The fourth-order valence-electron chi connectivity index (χ4n) is 1.78. The Morgan fingerprint density at radius 1 is 1.18 bits per heavy atom. The van der Waals surface area contributed by atoms with Crippen LogP contribution in [-0.4, -0.2) is 44.5 Å². The Bertz CT molecular complexity index is 650. The topological polar surface area (TPSA) is 66.5 Å². The molecule has 0 fully saturated rings. The predicted molar refractivity (Wildman–Crippen MR) is 75.4 cm³/mol. The van der Waals surface area contributed by atoms with E-state index in [1.54, 1.807) is 6.92 Å². The summed E-state index contributed by atoms with van der Waals surface area (Å²) in [5.74, 6) is -5.64. The zero-order valence-corrected chi connectivity index (χ0v) is 13.0. The number of carbonyl (C=O) groups excluding carboxylic acids is 1. The molecule has 0 atom stereocenters. The molecule has 22 heavy (non-hydrogen) atoms. The van der Waals surface area contributed by atoms with Crippen molar-refractivity contribution in [2.75, 3.05) is 25.9 Å². The monoisotopic (exact) mass is 338 g/mol. The Hall–Kier alpha value is -1.61. The maximum atomic E-state index is 13.4. The molecule has 0 saturated heterocycles. The van der Waals surface area contributed by atoms with E-state index >= 15 is 0 Å². The third-order valence-electron chi connectivity index (χ3n) is 2.87. The molecule has 1 amide bonds. The van der Waals surface area contributed by atoms with Gasteiger partial charge in [0.05, 0.1) is 11.8 Å². The number of hydrogen-bond donors (Lipinski definition) is 1. The molecule has 0 heterocycles. The number of benzene rings is 1. The summed E-state index contributed by atoms with van der Waals surface area (Å²) in [6, 6.07) is 1.47. The molecule has 0 unspecified atom stereocenters. The van der Waals surface area contributed by atoms with Crippen LogP contribution in [-0.2, 0) is 10.0 Å². The Kier molecular flexibility index (Phi) is 6.36. The van der Waals surface area contributed by atoms with E-state index in [1.807, 2.05) is 0 Å². The van der Waals surface area contributed by atoms with Gasteiger partial charge in [-0.05, 0) is 18.6 Å². The van der Waals surface area contributed by atoms with Gasteiger partial charge in [0.15, 0.2) is 17.5 Å². The minimum atomic E-state index is -3.41. The average molecular weight is 338 g/mol. The average Bonchev–Trinajstić information content (AvgIpc) is 2.42. The van der Waals surface area contributed by atoms with Gasteiger partial charge in [0.1, 0.15) is 0 Å². The molecule has 0 aliphatic heterocycles. The highest BCUT2D eigenvalue weighted by atomic mass is 32.2. The Morgan fingerprint density at radius 2 is 1.82 bits per heavy atom. The highest BCUT2D eigenvalue weighted by Gasteiger charge is 2.19. The number of sulfonamides is 1. The molecular weight excluding hydrogens is 321 g/mol. The first-order chi connectivity index (χ1) is 10.2. The van der Waals surface area contributed by atoms with Gasteiger partial charge in [-0.2, -0.15) is 0 Å². The van der Waals surface area contributed by atoms with Crippen LogP contribution in [0.3, 0.4) is 0 Å². The summed E-state index contributed by atoms with van der Waals surface area (Å²) in [6.45, 7) is 2.01. The van der Waals surface area contributed by atoms with Crippen molar-refractivity contribution < 1.29 is 26.4 Å². The normalized spacial score (nSPS) is 11.7. The summed E-state index contributed by atoms with van der Waals surface area (Å²) in [4.78, 5) is 11.7. The predicted octanol–water partition coefficient (Wildman–Crippen LogP) is 1.51. The summed E-state index contributed by atoms with van der Waals surface area (Å²) in [5, 5.41) is 2.27. The zero-order chi connectivity index (χ0) is 16.9. The minimum absolute atomic E-state index is 0.00368. The van der Waals surface area contributed by atoms with Gasteiger partial charge in [-0.25, -0.2) is 25.9 Å². The second-order valence-corrected chi connectivity index (χ2v) is 6.62. The summed E-state index contributed by atoms with van der Waals surface area (Å²) in [7, 11) is -3.41. The summed E-state index contributed by atoms with van der Waals surface area (Å²) in [6.07, 6.45) is 1.64. The first-order valence-electron chi connectivity index (χ1n) is 6.55. The van der Waals surface area contributed by atoms with E-state index in [0.29, 0.717) is 12.5 Å². The maximum Gasteiger partial charge on any atom is 0.254 e. The summed E-state index contributed by atoms with van der Waals surface area (Å²) >= 11 is 0. The number of nitrogens with one attached hydrogen (secondary N) is 1. The van der Waals surface area contributed by atoms with Crippen LogP contribution in [0.4, 0.5) is 13.2 Å². The van der Waals surface area contributed by atoms with Crippen molar-refractivity contribution in [1.82, 2.24) is 9.62 Å². The van der Waals surface area contributed by atoms with Crippen LogP contribution in [0.2, 0.25) is 0 Å². The lowest BCUT2D eigenvalue weighted by atomic mass is 10.2. The van der Waals surface area contributed by atoms with Crippen LogP contribution >= 0.6 is 0 Å². The van der Waals surface area contributed by atoms with E-state index in [4.69, 9.17) is 0 Å². The van der Waals surface area contributed by atoms with E-state index in [-0.39, 0.29) is 19.6 Å². The number of halogens is 3. The van der Waals surface area contributed by atoms with Crippen LogP contribution in [0.15, 0.2) is 12.1 Å². The van der Waals surface area contributed by atoms with Crippen molar-refractivity contribution in [3.05, 3.63) is 35.1 Å². The van der Waals surface area contributed by atoms with E-state index in [0.717, 1.165) is 16.6 Å². The summed E-state index contributed by atoms with van der Waals surface area (Å²) < 4.78 is 63.3. The highest BCUT2D eigenvalue weighted by Crippen LogP contribution is 2.14. The van der Waals surface area contributed by atoms with E-state index in [1.165, 1.54) is 0 Å². The first kappa shape index (κ1) is 18.4. The SMILES string of the molecule is CCCN(CCNC(=O)c1ccc(F)c(F)c1F)S(C)(=O)=O. The third kappa shape index (κ3) is 4.70. The van der Waals surface area contributed by atoms with Crippen LogP contribution in [0.25, 0.3) is 0 Å². The molecule has 1 aromatic carbocycles. The summed E-state index contributed by atoms with van der Waals surface area (Å²) in [5.41, 5.74) is -0.639. The molecule has 1 aromatic rings. The van der Waals surface area contributed by atoms with Gasteiger partial charge in [-0.15, -0.1) is 0 Å². The van der Waals surface area contributed by atoms with Gasteiger partial charge >= 0.3 is 0 Å². The number of carbonyl (C=O) groups is 1. The molecular formula is C13H17F3N2O3S. The molecule has 0 saturated carbocycles. The molecule has 9 heteroatoms. The molecule has 0 aliphatic rings. The Labute approximate surface area is 127 Å². The standard InChI is InChI=1S/C13H17F3N2O3S/c1-3-7-18(22(2,20)21)8-6-17-13(19)9-4-5-10(14)12(16)11(9)15/h4-5H,3,6-8H2,1-2H3,(H,17,19). The smallest absolute Gasteiger partial charge is 0.254 e. The Balaban J connectivity index is 2.69. The van der Waals surface area contributed by atoms with Crippen molar-refractivity contribution in [1.29, 1.82) is 0 Å². The Morgan fingerprint density at radius 3 is 2.36 bits per heavy atom. The quantitative estimate of drug-likeness (QED) is 0.767. The van der Waals surface area contributed by atoms with Gasteiger partial charge < -0.3 is 5.32 Å². The molecule has 1 rings (SSSR count). The van der Waals surface area contributed by atoms with Crippen molar-refractivity contribution >= 4 is 15.9 Å². The van der Waals surface area contributed by atoms with Crippen molar-refractivity contribution in [3.8, 4) is 0 Å². The molecule has 0 radical (unpaired) electrons. The molecule has 0 aliphatic carbocycles. The van der Waals surface area contributed by atoms with E-state index in [9.17, 15) is 26.4 Å². The number of hydrogen-bond acceptors (Lipinski definition) is 3. The van der Waals surface area contributed by atoms with E-state index in [2.05, 4.69) is 5.32 Å². The minimum Gasteiger partial charge on any atom is -0.351 e. The van der Waals surface area contributed by atoms with Crippen molar-refractivity contribution in [2.24, 2.45) is 0 Å². The molecule has 1 N–H and O–H groups in total. The molecule has 124 valence electrons. The van der Waals surface area contributed by atoms with Gasteiger partial charge in [0.2, 0.25) is 10.0 Å². The molecule has 0 spiro atoms. The van der Waals surface area contributed by atoms with Gasteiger partial charge in [0, 0.05) is 19.6 Å². The van der Waals surface area contributed by atoms with Gasteiger partial charge in [0.25, 0.3) is 5.91 Å². The van der Waals surface area contributed by atoms with Gasteiger partial charge in [-0.3, -0.25) is 4.79 Å². The van der Waals surface area contributed by atoms with Crippen LogP contribution < -0.4 is 5.32 Å². The number of nitrogens with zero attached hydrogens (tertiary/aromatic N) is 1. The third-order valence-corrected chi connectivity index (χ3v) is 4.17. The largest absolute Gasteiger partial charge is 0.351 e. The van der Waals surface area contributed by atoms with E-state index < -0.39 is 38.9 Å². The first-order valence-corrected chi connectivity index (χ1v) is 8.40. The fourth-order valence-corrected chi connectivity index (χ4v) is 2.72. The number of rotatable bonds is 7. The molecule has 5 nitrogen and oxygen atoms in total. The van der Waals surface area contributed by atoms with Crippen molar-refractivity contribution in [2.45, 2.75) is 13.3 Å². The number of amides is 1. The lowest BCUT2D eigenvalue weighted by Gasteiger charge is -2.19.